The van der Waals surface area contributed by atoms with E-state index in [1.807, 2.05) is 6.07 Å². The lowest BCUT2D eigenvalue weighted by molar-refractivity contribution is -0.139. The number of benzene rings is 1. The number of alkyl halides is 3. The summed E-state index contributed by atoms with van der Waals surface area (Å²) in [5.41, 5.74) is 0.442. The van der Waals surface area contributed by atoms with Crippen LogP contribution in [0.3, 0.4) is 0 Å². The Labute approximate surface area is 186 Å². The maximum absolute atomic E-state index is 13.0. The third kappa shape index (κ3) is 6.59. The molecule has 0 aliphatic carbocycles. The third-order valence-electron chi connectivity index (χ3n) is 5.63. The minimum absolute atomic E-state index is 0.0355. The average Bonchev–Trinajstić information content (AvgIpc) is 2.81. The van der Waals surface area contributed by atoms with Crippen molar-refractivity contribution in [2.24, 2.45) is 4.99 Å². The molecule has 1 aliphatic rings. The number of piperidine rings is 1. The van der Waals surface area contributed by atoms with Crippen molar-refractivity contribution in [1.29, 1.82) is 0 Å². The number of aromatic nitrogens is 1. The van der Waals surface area contributed by atoms with Crippen LogP contribution in [0, 0.1) is 0 Å². The van der Waals surface area contributed by atoms with E-state index in [0.717, 1.165) is 32.0 Å². The molecule has 1 aliphatic heterocycles. The quantitative estimate of drug-likeness (QED) is 0.382. The SMILES string of the molecule is CN=C(NCCOc1ncccc1C(F)(F)F)NC1CCN(C(C)c2ccccc2)CC1. The summed E-state index contributed by atoms with van der Waals surface area (Å²) in [5, 5.41) is 6.50. The second-order valence-corrected chi connectivity index (χ2v) is 7.74. The van der Waals surface area contributed by atoms with Gasteiger partial charge in [0, 0.05) is 38.4 Å². The molecular formula is C23H30F3N5O. The Morgan fingerprint density at radius 2 is 1.91 bits per heavy atom. The fourth-order valence-corrected chi connectivity index (χ4v) is 3.80. The average molecular weight is 450 g/mol. The normalized spacial score (nSPS) is 17.1. The largest absolute Gasteiger partial charge is 0.475 e. The first-order valence-electron chi connectivity index (χ1n) is 10.8. The maximum atomic E-state index is 13.0. The van der Waals surface area contributed by atoms with Crippen LogP contribution in [-0.2, 0) is 6.18 Å². The first-order chi connectivity index (χ1) is 15.4. The van der Waals surface area contributed by atoms with Crippen molar-refractivity contribution in [2.45, 2.75) is 38.0 Å². The van der Waals surface area contributed by atoms with Crippen LogP contribution in [0.2, 0.25) is 0 Å². The second-order valence-electron chi connectivity index (χ2n) is 7.74. The number of guanidine groups is 1. The van der Waals surface area contributed by atoms with E-state index in [9.17, 15) is 13.2 Å². The van der Waals surface area contributed by atoms with Crippen LogP contribution in [-0.4, -0.2) is 55.2 Å². The number of likely N-dealkylation sites (tertiary alicyclic amines) is 1. The topological polar surface area (TPSA) is 61.8 Å². The number of nitrogens with one attached hydrogen (secondary N) is 2. The first-order valence-corrected chi connectivity index (χ1v) is 10.8. The zero-order valence-electron chi connectivity index (χ0n) is 18.4. The zero-order valence-corrected chi connectivity index (χ0v) is 18.4. The molecule has 1 saturated heterocycles. The number of pyridine rings is 1. The number of ether oxygens (including phenoxy) is 1. The molecular weight excluding hydrogens is 419 g/mol. The highest BCUT2D eigenvalue weighted by Gasteiger charge is 2.35. The van der Waals surface area contributed by atoms with Crippen LogP contribution in [0.25, 0.3) is 0 Å². The summed E-state index contributed by atoms with van der Waals surface area (Å²) < 4.78 is 44.3. The maximum Gasteiger partial charge on any atom is 0.421 e. The molecule has 3 rings (SSSR count). The van der Waals surface area contributed by atoms with Crippen LogP contribution < -0.4 is 15.4 Å². The molecule has 2 heterocycles. The molecule has 0 spiro atoms. The van der Waals surface area contributed by atoms with Gasteiger partial charge in [-0.05, 0) is 37.5 Å². The Kier molecular flexibility index (Phi) is 8.33. The monoisotopic (exact) mass is 449 g/mol. The van der Waals surface area contributed by atoms with Crippen molar-refractivity contribution >= 4 is 5.96 Å². The van der Waals surface area contributed by atoms with Gasteiger partial charge in [0.25, 0.3) is 0 Å². The van der Waals surface area contributed by atoms with Gasteiger partial charge in [0.15, 0.2) is 5.96 Å². The van der Waals surface area contributed by atoms with E-state index in [2.05, 4.69) is 56.7 Å². The molecule has 0 bridgehead atoms. The fraction of sp³-hybridized carbons (Fsp3) is 0.478. The lowest BCUT2D eigenvalue weighted by atomic mass is 10.0. The molecule has 1 atom stereocenters. The molecule has 0 radical (unpaired) electrons. The summed E-state index contributed by atoms with van der Waals surface area (Å²) in [5.74, 6) is 0.199. The van der Waals surface area contributed by atoms with E-state index >= 15 is 0 Å². The Morgan fingerprint density at radius 3 is 2.56 bits per heavy atom. The summed E-state index contributed by atoms with van der Waals surface area (Å²) in [6, 6.07) is 13.3. The molecule has 1 unspecified atom stereocenters. The van der Waals surface area contributed by atoms with Crippen molar-refractivity contribution in [3.63, 3.8) is 0 Å². The van der Waals surface area contributed by atoms with Gasteiger partial charge in [-0.1, -0.05) is 30.3 Å². The van der Waals surface area contributed by atoms with Gasteiger partial charge >= 0.3 is 6.18 Å². The summed E-state index contributed by atoms with van der Waals surface area (Å²) in [4.78, 5) is 10.4. The Bertz CT molecular complexity index is 867. The Balaban J connectivity index is 1.41. The van der Waals surface area contributed by atoms with Crippen molar-refractivity contribution in [2.75, 3.05) is 33.3 Å². The van der Waals surface area contributed by atoms with Gasteiger partial charge in [0.05, 0.1) is 6.54 Å². The smallest absolute Gasteiger partial charge is 0.421 e. The van der Waals surface area contributed by atoms with Gasteiger partial charge in [-0.15, -0.1) is 0 Å². The van der Waals surface area contributed by atoms with E-state index in [-0.39, 0.29) is 12.6 Å². The number of hydrogen-bond acceptors (Lipinski definition) is 4. The third-order valence-corrected chi connectivity index (χ3v) is 5.63. The molecule has 1 aromatic carbocycles. The molecule has 2 N–H and O–H groups in total. The van der Waals surface area contributed by atoms with Crippen LogP contribution in [0.1, 0.15) is 36.9 Å². The molecule has 9 heteroatoms. The fourth-order valence-electron chi connectivity index (χ4n) is 3.80. The van der Waals surface area contributed by atoms with Crippen molar-refractivity contribution < 1.29 is 17.9 Å². The predicted octanol–water partition coefficient (Wildman–Crippen LogP) is 3.87. The summed E-state index contributed by atoms with van der Waals surface area (Å²) in [7, 11) is 1.67. The summed E-state index contributed by atoms with van der Waals surface area (Å²) in [6.45, 7) is 4.53. The van der Waals surface area contributed by atoms with Gasteiger partial charge in [0.2, 0.25) is 5.88 Å². The lowest BCUT2D eigenvalue weighted by Gasteiger charge is -2.37. The standard InChI is InChI=1S/C23H30F3N5O/c1-17(18-7-4-3-5-8-18)31-14-10-19(11-15-31)30-22(27-2)29-13-16-32-21-20(23(24,25)26)9-6-12-28-21/h3-9,12,17,19H,10-11,13-16H2,1-2H3,(H2,27,29,30). The minimum Gasteiger partial charge on any atom is -0.475 e. The van der Waals surface area contributed by atoms with E-state index in [1.54, 1.807) is 7.05 Å². The van der Waals surface area contributed by atoms with E-state index in [1.165, 1.54) is 17.8 Å². The molecule has 6 nitrogen and oxygen atoms in total. The van der Waals surface area contributed by atoms with Gasteiger partial charge in [-0.25, -0.2) is 4.98 Å². The van der Waals surface area contributed by atoms with Crippen LogP contribution in [0.5, 0.6) is 5.88 Å². The molecule has 0 saturated carbocycles. The van der Waals surface area contributed by atoms with Gasteiger partial charge in [-0.2, -0.15) is 13.2 Å². The molecule has 1 aromatic heterocycles. The summed E-state index contributed by atoms with van der Waals surface area (Å²) in [6.07, 6.45) is -1.25. The van der Waals surface area contributed by atoms with Crippen LogP contribution >= 0.6 is 0 Å². The molecule has 32 heavy (non-hydrogen) atoms. The highest BCUT2D eigenvalue weighted by Crippen LogP contribution is 2.34. The van der Waals surface area contributed by atoms with Crippen molar-refractivity contribution in [3.05, 3.63) is 59.8 Å². The first kappa shape index (κ1) is 23.8. The highest BCUT2D eigenvalue weighted by atomic mass is 19.4. The number of halogens is 3. The van der Waals surface area contributed by atoms with Crippen LogP contribution in [0.15, 0.2) is 53.7 Å². The van der Waals surface area contributed by atoms with Crippen molar-refractivity contribution in [1.82, 2.24) is 20.5 Å². The molecule has 174 valence electrons. The van der Waals surface area contributed by atoms with Gasteiger partial charge < -0.3 is 15.4 Å². The zero-order chi connectivity index (χ0) is 23.0. The highest BCUT2D eigenvalue weighted by molar-refractivity contribution is 5.79. The van der Waals surface area contributed by atoms with Gasteiger partial charge in [-0.3, -0.25) is 9.89 Å². The van der Waals surface area contributed by atoms with E-state index in [4.69, 9.17) is 4.74 Å². The number of hydrogen-bond donors (Lipinski definition) is 2. The Morgan fingerprint density at radius 1 is 1.19 bits per heavy atom. The van der Waals surface area contributed by atoms with E-state index in [0.29, 0.717) is 18.5 Å². The molecule has 1 fully saturated rings. The number of rotatable bonds is 7. The van der Waals surface area contributed by atoms with E-state index < -0.39 is 17.6 Å². The molecule has 0 amide bonds. The number of nitrogens with zero attached hydrogens (tertiary/aromatic N) is 3. The van der Waals surface area contributed by atoms with Crippen LogP contribution in [0.4, 0.5) is 13.2 Å². The van der Waals surface area contributed by atoms with Gasteiger partial charge in [0.1, 0.15) is 12.2 Å². The second kappa shape index (κ2) is 11.2. The van der Waals surface area contributed by atoms with Crippen molar-refractivity contribution in [3.8, 4) is 5.88 Å². The summed E-state index contributed by atoms with van der Waals surface area (Å²) >= 11 is 0. The number of aliphatic imine (C=N–C) groups is 1. The lowest BCUT2D eigenvalue weighted by Crippen LogP contribution is -2.49. The Hall–Kier alpha value is -2.81. The minimum atomic E-state index is -4.50. The molecule has 2 aromatic rings. The predicted molar refractivity (Wildman–Crippen MR) is 119 cm³/mol.